The monoisotopic (exact) mass is 408 g/mol. The lowest BCUT2D eigenvalue weighted by molar-refractivity contribution is -0.143. The third-order valence-electron chi connectivity index (χ3n) is 6.76. The Bertz CT molecular complexity index is 975. The van der Waals surface area contributed by atoms with E-state index in [1.165, 1.54) is 10.5 Å². The fourth-order valence-corrected chi connectivity index (χ4v) is 5.76. The summed E-state index contributed by atoms with van der Waals surface area (Å²) in [4.78, 5) is 39.7. The smallest absolute Gasteiger partial charge is 0.244 e. The first-order valence-electron chi connectivity index (χ1n) is 9.98. The first kappa shape index (κ1) is 18.4. The minimum absolute atomic E-state index is 0.176. The molecule has 0 aromatic heterocycles. The average Bonchev–Trinajstić information content (AvgIpc) is 3.38. The molecule has 1 heterocycles. The fraction of sp³-hybridized carbons (Fsp3) is 0.348. The molecule has 148 valence electrons. The molecule has 0 unspecified atom stereocenters. The van der Waals surface area contributed by atoms with Crippen LogP contribution in [0.15, 0.2) is 54.6 Å². The Morgan fingerprint density at radius 3 is 2.38 bits per heavy atom. The SMILES string of the molecule is O=C(CN1C(=O)[C@@H]2[C@@H]3C[C@@H]([C@H]2C1=O)[C@H](c1ccccc1)C3)Nc1ccc(Cl)cc1. The van der Waals surface area contributed by atoms with E-state index in [0.717, 1.165) is 12.8 Å². The molecule has 0 spiro atoms. The van der Waals surface area contributed by atoms with Crippen LogP contribution in [0.2, 0.25) is 5.02 Å². The van der Waals surface area contributed by atoms with Crippen molar-refractivity contribution in [2.75, 3.05) is 11.9 Å². The van der Waals surface area contributed by atoms with E-state index >= 15 is 0 Å². The number of nitrogens with one attached hydrogen (secondary N) is 1. The molecular formula is C23H21ClN2O3. The number of hydrogen-bond acceptors (Lipinski definition) is 3. The van der Waals surface area contributed by atoms with Crippen molar-refractivity contribution < 1.29 is 14.4 Å². The van der Waals surface area contributed by atoms with Crippen LogP contribution >= 0.6 is 11.6 Å². The summed E-state index contributed by atoms with van der Waals surface area (Å²) in [6.45, 7) is -0.233. The van der Waals surface area contributed by atoms with Gasteiger partial charge in [-0.25, -0.2) is 0 Å². The number of amides is 3. The molecule has 1 aliphatic heterocycles. The van der Waals surface area contributed by atoms with Gasteiger partial charge in [-0.3, -0.25) is 19.3 Å². The van der Waals surface area contributed by atoms with Crippen molar-refractivity contribution in [3.05, 3.63) is 65.2 Å². The lowest BCUT2D eigenvalue weighted by Crippen LogP contribution is -2.39. The van der Waals surface area contributed by atoms with Crippen LogP contribution in [0.25, 0.3) is 0 Å². The highest BCUT2D eigenvalue weighted by molar-refractivity contribution is 6.30. The predicted molar refractivity (Wildman–Crippen MR) is 109 cm³/mol. The minimum atomic E-state index is -0.374. The highest BCUT2D eigenvalue weighted by Crippen LogP contribution is 2.61. The molecule has 1 saturated heterocycles. The highest BCUT2D eigenvalue weighted by atomic mass is 35.5. The maximum Gasteiger partial charge on any atom is 0.244 e. The van der Waals surface area contributed by atoms with Gasteiger partial charge in [0.05, 0.1) is 11.8 Å². The number of imide groups is 1. The van der Waals surface area contributed by atoms with E-state index in [9.17, 15) is 14.4 Å². The van der Waals surface area contributed by atoms with Gasteiger partial charge < -0.3 is 5.32 Å². The van der Waals surface area contributed by atoms with Gasteiger partial charge in [0.1, 0.15) is 6.54 Å². The number of rotatable bonds is 4. The number of nitrogens with zero attached hydrogens (tertiary/aromatic N) is 1. The molecule has 2 saturated carbocycles. The maximum absolute atomic E-state index is 13.1. The number of anilines is 1. The average molecular weight is 409 g/mol. The van der Waals surface area contributed by atoms with E-state index in [1.807, 2.05) is 18.2 Å². The Hall–Kier alpha value is -2.66. The minimum Gasteiger partial charge on any atom is -0.325 e. The molecule has 3 fully saturated rings. The van der Waals surface area contributed by atoms with Crippen molar-refractivity contribution in [2.24, 2.45) is 23.7 Å². The van der Waals surface area contributed by atoms with Gasteiger partial charge >= 0.3 is 0 Å². The Labute approximate surface area is 174 Å². The van der Waals surface area contributed by atoms with Crippen LogP contribution in [0.1, 0.15) is 24.3 Å². The van der Waals surface area contributed by atoms with Gasteiger partial charge in [-0.1, -0.05) is 41.9 Å². The van der Waals surface area contributed by atoms with Crippen molar-refractivity contribution >= 4 is 35.0 Å². The Morgan fingerprint density at radius 2 is 1.66 bits per heavy atom. The predicted octanol–water partition coefficient (Wildman–Crippen LogP) is 3.70. The maximum atomic E-state index is 13.1. The summed E-state index contributed by atoms with van der Waals surface area (Å²) in [5, 5.41) is 3.31. The Kier molecular flexibility index (Phi) is 4.43. The first-order chi connectivity index (χ1) is 14.0. The summed E-state index contributed by atoms with van der Waals surface area (Å²) < 4.78 is 0. The summed E-state index contributed by atoms with van der Waals surface area (Å²) in [6.07, 6.45) is 1.87. The number of hydrogen-bond donors (Lipinski definition) is 1. The van der Waals surface area contributed by atoms with Gasteiger partial charge in [-0.2, -0.15) is 0 Å². The number of fused-ring (bicyclic) bond motifs is 5. The number of carbonyl (C=O) groups excluding carboxylic acids is 3. The standard InChI is InChI=1S/C23H21ClN2O3/c24-15-6-8-16(9-7-15)25-19(27)12-26-22(28)20-14-10-17(13-4-2-1-3-5-13)18(11-14)21(20)23(26)29/h1-9,14,17-18,20-21H,10-12H2,(H,25,27)/t14-,17-,18+,20+,21+/m0/s1. The molecule has 2 bridgehead atoms. The van der Waals surface area contributed by atoms with E-state index in [2.05, 4.69) is 17.4 Å². The molecule has 2 aromatic carbocycles. The van der Waals surface area contributed by atoms with E-state index in [-0.39, 0.29) is 47.9 Å². The second-order valence-electron chi connectivity index (χ2n) is 8.28. The van der Waals surface area contributed by atoms with Crippen LogP contribution in [0.4, 0.5) is 5.69 Å². The molecule has 0 radical (unpaired) electrons. The van der Waals surface area contributed by atoms with Gasteiger partial charge in [-0.15, -0.1) is 0 Å². The Morgan fingerprint density at radius 1 is 0.966 bits per heavy atom. The molecule has 1 N–H and O–H groups in total. The molecule has 5 atom stereocenters. The van der Waals surface area contributed by atoms with Crippen LogP contribution in [-0.2, 0) is 14.4 Å². The van der Waals surface area contributed by atoms with Crippen molar-refractivity contribution in [3.63, 3.8) is 0 Å². The summed E-state index contributed by atoms with van der Waals surface area (Å²) in [7, 11) is 0. The number of carbonyl (C=O) groups is 3. The van der Waals surface area contributed by atoms with Crippen molar-refractivity contribution in [1.82, 2.24) is 4.90 Å². The summed E-state index contributed by atoms with van der Waals surface area (Å²) in [5.41, 5.74) is 1.83. The number of halogens is 1. The number of benzene rings is 2. The molecule has 2 aromatic rings. The second-order valence-corrected chi connectivity index (χ2v) is 8.72. The third-order valence-corrected chi connectivity index (χ3v) is 7.02. The number of likely N-dealkylation sites (tertiary alicyclic amines) is 1. The normalized spacial score (nSPS) is 30.0. The van der Waals surface area contributed by atoms with E-state index in [0.29, 0.717) is 16.6 Å². The summed E-state index contributed by atoms with van der Waals surface area (Å²) in [5.74, 6) is -0.526. The summed E-state index contributed by atoms with van der Waals surface area (Å²) in [6, 6.07) is 17.0. The van der Waals surface area contributed by atoms with Gasteiger partial charge in [0.15, 0.2) is 0 Å². The molecule has 3 aliphatic rings. The molecule has 2 aliphatic carbocycles. The van der Waals surface area contributed by atoms with Crippen molar-refractivity contribution in [2.45, 2.75) is 18.8 Å². The molecule has 29 heavy (non-hydrogen) atoms. The zero-order chi connectivity index (χ0) is 20.1. The zero-order valence-electron chi connectivity index (χ0n) is 15.8. The third kappa shape index (κ3) is 3.04. The lowest BCUT2D eigenvalue weighted by atomic mass is 9.73. The lowest BCUT2D eigenvalue weighted by Gasteiger charge is -2.28. The van der Waals surface area contributed by atoms with Crippen LogP contribution in [0, 0.1) is 23.7 Å². The van der Waals surface area contributed by atoms with E-state index < -0.39 is 0 Å². The largest absolute Gasteiger partial charge is 0.325 e. The van der Waals surface area contributed by atoms with Crippen molar-refractivity contribution in [3.8, 4) is 0 Å². The quantitative estimate of drug-likeness (QED) is 0.784. The molecular weight excluding hydrogens is 388 g/mol. The van der Waals surface area contributed by atoms with Crippen LogP contribution < -0.4 is 5.32 Å². The highest BCUT2D eigenvalue weighted by Gasteiger charge is 2.63. The van der Waals surface area contributed by atoms with Gasteiger partial charge in [0, 0.05) is 10.7 Å². The zero-order valence-corrected chi connectivity index (χ0v) is 16.5. The second kappa shape index (κ2) is 6.99. The van der Waals surface area contributed by atoms with E-state index in [4.69, 9.17) is 11.6 Å². The molecule has 5 rings (SSSR count). The fourth-order valence-electron chi connectivity index (χ4n) is 5.64. The Balaban J connectivity index is 1.31. The van der Waals surface area contributed by atoms with Crippen LogP contribution in [0.3, 0.4) is 0 Å². The summed E-state index contributed by atoms with van der Waals surface area (Å²) >= 11 is 5.86. The van der Waals surface area contributed by atoms with Gasteiger partial charge in [0.25, 0.3) is 0 Å². The van der Waals surface area contributed by atoms with Gasteiger partial charge in [-0.05, 0) is 60.4 Å². The van der Waals surface area contributed by atoms with Crippen molar-refractivity contribution in [1.29, 1.82) is 0 Å². The van der Waals surface area contributed by atoms with E-state index in [1.54, 1.807) is 24.3 Å². The van der Waals surface area contributed by atoms with Crippen LogP contribution in [0.5, 0.6) is 0 Å². The first-order valence-corrected chi connectivity index (χ1v) is 10.4. The van der Waals surface area contributed by atoms with Gasteiger partial charge in [0.2, 0.25) is 17.7 Å². The van der Waals surface area contributed by atoms with Crippen LogP contribution in [-0.4, -0.2) is 29.2 Å². The molecule has 3 amide bonds. The topological polar surface area (TPSA) is 66.5 Å². The molecule has 5 nitrogen and oxygen atoms in total. The molecule has 6 heteroatoms.